The maximum absolute atomic E-state index is 5.81. The molecule has 1 fully saturated rings. The molecule has 1 aliphatic heterocycles. The topological polar surface area (TPSA) is 38.1 Å². The summed E-state index contributed by atoms with van der Waals surface area (Å²) in [6, 6.07) is 0.571. The van der Waals surface area contributed by atoms with Gasteiger partial charge in [-0.2, -0.15) is 0 Å². The Balaban J connectivity index is 2.00. The van der Waals surface area contributed by atoms with Crippen LogP contribution in [0.1, 0.15) is 50.5 Å². The maximum Gasteiger partial charge on any atom is 0.196 e. The fraction of sp³-hybridized carbons (Fsp3) is 0.769. The van der Waals surface area contributed by atoms with Crippen LogP contribution in [-0.2, 0) is 19.3 Å². The predicted molar refractivity (Wildman–Crippen MR) is 64.6 cm³/mol. The number of nitrogens with zero attached hydrogens (tertiary/aromatic N) is 1. The Morgan fingerprint density at radius 3 is 2.75 bits per heavy atom. The largest absolute Gasteiger partial charge is 0.445 e. The highest BCUT2D eigenvalue weighted by molar-refractivity contribution is 5.10. The van der Waals surface area contributed by atoms with Gasteiger partial charge in [-0.3, -0.25) is 0 Å². The zero-order valence-electron chi connectivity index (χ0n) is 10.4. The molecule has 0 aromatic carbocycles. The first-order valence-corrected chi connectivity index (χ1v) is 6.54. The standard InChI is InChI=1S/C13H22N2O/c1-3-11-12(4-2)16-13(15-11)9-10-7-5-6-8-14-10/h10,14H,3-9H2,1-2H3. The number of aromatic nitrogens is 1. The van der Waals surface area contributed by atoms with Gasteiger partial charge in [-0.15, -0.1) is 0 Å². The third kappa shape index (κ3) is 2.64. The van der Waals surface area contributed by atoms with Gasteiger partial charge in [0.1, 0.15) is 5.76 Å². The lowest BCUT2D eigenvalue weighted by Gasteiger charge is -2.21. The van der Waals surface area contributed by atoms with Gasteiger partial charge in [0.2, 0.25) is 0 Å². The second kappa shape index (κ2) is 5.48. The van der Waals surface area contributed by atoms with E-state index in [4.69, 9.17) is 4.42 Å². The molecule has 0 amide bonds. The normalized spacial score (nSPS) is 21.2. The molecule has 1 aromatic rings. The minimum absolute atomic E-state index is 0.571. The molecule has 0 bridgehead atoms. The molecule has 1 aromatic heterocycles. The van der Waals surface area contributed by atoms with E-state index in [1.54, 1.807) is 0 Å². The third-order valence-corrected chi connectivity index (χ3v) is 3.31. The summed E-state index contributed by atoms with van der Waals surface area (Å²) in [6.45, 7) is 5.41. The summed E-state index contributed by atoms with van der Waals surface area (Å²) in [6.07, 6.45) is 6.78. The Bertz CT molecular complexity index is 305. The maximum atomic E-state index is 5.81. The summed E-state index contributed by atoms with van der Waals surface area (Å²) in [7, 11) is 0. The van der Waals surface area contributed by atoms with Crippen molar-refractivity contribution in [3.63, 3.8) is 0 Å². The van der Waals surface area contributed by atoms with Crippen molar-refractivity contribution in [2.24, 2.45) is 0 Å². The Hall–Kier alpha value is -0.830. The van der Waals surface area contributed by atoms with Crippen LogP contribution in [0.25, 0.3) is 0 Å². The molecule has 0 aliphatic carbocycles. The van der Waals surface area contributed by atoms with Crippen molar-refractivity contribution in [2.75, 3.05) is 6.54 Å². The molecule has 90 valence electrons. The van der Waals surface area contributed by atoms with Crippen LogP contribution in [0.5, 0.6) is 0 Å². The van der Waals surface area contributed by atoms with Crippen molar-refractivity contribution >= 4 is 0 Å². The number of nitrogens with one attached hydrogen (secondary N) is 1. The van der Waals surface area contributed by atoms with Crippen molar-refractivity contribution in [2.45, 2.75) is 58.4 Å². The highest BCUT2D eigenvalue weighted by Gasteiger charge is 2.17. The number of rotatable bonds is 4. The van der Waals surface area contributed by atoms with Crippen molar-refractivity contribution in [3.8, 4) is 0 Å². The predicted octanol–water partition coefficient (Wildman–Crippen LogP) is 2.48. The van der Waals surface area contributed by atoms with Crippen LogP contribution in [0, 0.1) is 0 Å². The SMILES string of the molecule is CCc1nc(CC2CCCCN2)oc1CC. The van der Waals surface area contributed by atoms with E-state index in [2.05, 4.69) is 24.1 Å². The van der Waals surface area contributed by atoms with Gasteiger partial charge in [-0.1, -0.05) is 20.3 Å². The van der Waals surface area contributed by atoms with Gasteiger partial charge in [-0.05, 0) is 25.8 Å². The minimum atomic E-state index is 0.571. The summed E-state index contributed by atoms with van der Waals surface area (Å²) in [5, 5.41) is 3.53. The molecule has 1 N–H and O–H groups in total. The average molecular weight is 222 g/mol. The van der Waals surface area contributed by atoms with Crippen LogP contribution < -0.4 is 5.32 Å². The van der Waals surface area contributed by atoms with Crippen molar-refractivity contribution in [3.05, 3.63) is 17.3 Å². The molecular formula is C13H22N2O. The molecular weight excluding hydrogens is 200 g/mol. The Labute approximate surface area is 97.6 Å². The van der Waals surface area contributed by atoms with Gasteiger partial charge in [0, 0.05) is 18.9 Å². The number of oxazole rings is 1. The van der Waals surface area contributed by atoms with Crippen LogP contribution in [0.2, 0.25) is 0 Å². The van der Waals surface area contributed by atoms with Crippen LogP contribution in [-0.4, -0.2) is 17.6 Å². The van der Waals surface area contributed by atoms with E-state index in [1.165, 1.54) is 19.3 Å². The molecule has 0 saturated carbocycles. The van der Waals surface area contributed by atoms with E-state index in [0.717, 1.165) is 43.2 Å². The molecule has 16 heavy (non-hydrogen) atoms. The first-order valence-electron chi connectivity index (χ1n) is 6.54. The highest BCUT2D eigenvalue weighted by atomic mass is 16.4. The van der Waals surface area contributed by atoms with Gasteiger partial charge in [0.25, 0.3) is 0 Å². The van der Waals surface area contributed by atoms with Crippen molar-refractivity contribution in [1.29, 1.82) is 0 Å². The van der Waals surface area contributed by atoms with Crippen LogP contribution in [0.15, 0.2) is 4.42 Å². The zero-order valence-corrected chi connectivity index (χ0v) is 10.4. The molecule has 0 radical (unpaired) electrons. The van der Waals surface area contributed by atoms with Crippen LogP contribution in [0.3, 0.4) is 0 Å². The second-order valence-electron chi connectivity index (χ2n) is 4.54. The number of hydrogen-bond donors (Lipinski definition) is 1. The van der Waals surface area contributed by atoms with E-state index in [9.17, 15) is 0 Å². The summed E-state index contributed by atoms with van der Waals surface area (Å²) in [5.41, 5.74) is 1.15. The third-order valence-electron chi connectivity index (χ3n) is 3.31. The molecule has 1 saturated heterocycles. The number of hydrogen-bond acceptors (Lipinski definition) is 3. The molecule has 3 nitrogen and oxygen atoms in total. The first-order chi connectivity index (χ1) is 7.83. The number of piperidine rings is 1. The smallest absolute Gasteiger partial charge is 0.196 e. The van der Waals surface area contributed by atoms with E-state index in [-0.39, 0.29) is 0 Å². The zero-order chi connectivity index (χ0) is 11.4. The Kier molecular flexibility index (Phi) is 3.99. The quantitative estimate of drug-likeness (QED) is 0.850. The summed E-state index contributed by atoms with van der Waals surface area (Å²) in [5.74, 6) is 2.00. The van der Waals surface area contributed by atoms with Gasteiger partial charge < -0.3 is 9.73 Å². The van der Waals surface area contributed by atoms with E-state index >= 15 is 0 Å². The Morgan fingerprint density at radius 1 is 1.31 bits per heavy atom. The van der Waals surface area contributed by atoms with Gasteiger partial charge in [-0.25, -0.2) is 4.98 Å². The van der Waals surface area contributed by atoms with Gasteiger partial charge >= 0.3 is 0 Å². The molecule has 1 unspecified atom stereocenters. The van der Waals surface area contributed by atoms with Crippen molar-refractivity contribution in [1.82, 2.24) is 10.3 Å². The summed E-state index contributed by atoms with van der Waals surface area (Å²) < 4.78 is 5.81. The van der Waals surface area contributed by atoms with E-state index in [0.29, 0.717) is 6.04 Å². The molecule has 0 spiro atoms. The Morgan fingerprint density at radius 2 is 2.19 bits per heavy atom. The van der Waals surface area contributed by atoms with E-state index in [1.807, 2.05) is 0 Å². The fourth-order valence-electron chi connectivity index (χ4n) is 2.39. The lowest BCUT2D eigenvalue weighted by atomic mass is 10.0. The van der Waals surface area contributed by atoms with E-state index < -0.39 is 0 Å². The molecule has 1 atom stereocenters. The fourth-order valence-corrected chi connectivity index (χ4v) is 2.39. The van der Waals surface area contributed by atoms with Crippen LogP contribution in [0.4, 0.5) is 0 Å². The number of aryl methyl sites for hydroxylation is 2. The molecule has 3 heteroatoms. The lowest BCUT2D eigenvalue weighted by Crippen LogP contribution is -2.35. The van der Waals surface area contributed by atoms with Gasteiger partial charge in [0.15, 0.2) is 5.89 Å². The monoisotopic (exact) mass is 222 g/mol. The molecule has 2 heterocycles. The second-order valence-corrected chi connectivity index (χ2v) is 4.54. The first kappa shape index (κ1) is 11.6. The van der Waals surface area contributed by atoms with Crippen LogP contribution >= 0.6 is 0 Å². The summed E-state index contributed by atoms with van der Waals surface area (Å²) in [4.78, 5) is 4.59. The summed E-state index contributed by atoms with van der Waals surface area (Å²) >= 11 is 0. The lowest BCUT2D eigenvalue weighted by molar-refractivity contribution is 0.361. The molecule has 2 rings (SSSR count). The van der Waals surface area contributed by atoms with Crippen molar-refractivity contribution < 1.29 is 4.42 Å². The molecule has 1 aliphatic rings. The average Bonchev–Trinajstić information content (AvgIpc) is 2.72. The highest BCUT2D eigenvalue weighted by Crippen LogP contribution is 2.17. The van der Waals surface area contributed by atoms with Gasteiger partial charge in [0.05, 0.1) is 5.69 Å². The minimum Gasteiger partial charge on any atom is -0.445 e.